The van der Waals surface area contributed by atoms with Crippen LogP contribution < -0.4 is 0 Å². The van der Waals surface area contributed by atoms with Crippen LogP contribution in [0.25, 0.3) is 0 Å². The molecular weight excluding hydrogens is 280 g/mol. The lowest BCUT2D eigenvalue weighted by Gasteiger charge is -2.25. The van der Waals surface area contributed by atoms with E-state index < -0.39 is 0 Å². The highest BCUT2D eigenvalue weighted by Crippen LogP contribution is 2.30. The van der Waals surface area contributed by atoms with Crippen LogP contribution >= 0.6 is 15.9 Å². The third-order valence-corrected chi connectivity index (χ3v) is 3.54. The van der Waals surface area contributed by atoms with E-state index in [1.807, 2.05) is 6.07 Å². The van der Waals surface area contributed by atoms with E-state index in [2.05, 4.69) is 46.0 Å². The summed E-state index contributed by atoms with van der Waals surface area (Å²) in [6.07, 6.45) is 2.23. The van der Waals surface area contributed by atoms with Crippen molar-refractivity contribution in [3.63, 3.8) is 0 Å². The van der Waals surface area contributed by atoms with E-state index in [1.165, 1.54) is 11.3 Å². The Bertz CT molecular complexity index is 376. The van der Waals surface area contributed by atoms with Gasteiger partial charge in [-0.05, 0) is 60.4 Å². The van der Waals surface area contributed by atoms with Crippen LogP contribution in [0.3, 0.4) is 0 Å². The second-order valence-electron chi connectivity index (χ2n) is 4.79. The first kappa shape index (κ1) is 13.0. The molecule has 2 heterocycles. The van der Waals surface area contributed by atoms with Crippen LogP contribution in [0.1, 0.15) is 30.0 Å². The van der Waals surface area contributed by atoms with Crippen LogP contribution in [0.2, 0.25) is 0 Å². The summed E-state index contributed by atoms with van der Waals surface area (Å²) in [5, 5.41) is 0. The summed E-state index contributed by atoms with van der Waals surface area (Å²) in [6, 6.07) is 4.26. The molecule has 0 amide bonds. The molecule has 0 unspecified atom stereocenters. The number of hydrogen-bond donors (Lipinski definition) is 0. The van der Waals surface area contributed by atoms with Gasteiger partial charge >= 0.3 is 0 Å². The summed E-state index contributed by atoms with van der Waals surface area (Å²) in [5.41, 5.74) is 2.58. The predicted molar refractivity (Wildman–Crippen MR) is 72.1 cm³/mol. The molecule has 0 atom stereocenters. The average molecular weight is 299 g/mol. The zero-order valence-corrected chi connectivity index (χ0v) is 12.0. The Hall–Kier alpha value is -0.450. The molecule has 1 aromatic heterocycles. The second-order valence-corrected chi connectivity index (χ2v) is 5.61. The molecule has 4 heteroatoms. The topological polar surface area (TPSA) is 25.4 Å². The third-order valence-electron chi connectivity index (χ3n) is 3.10. The molecule has 17 heavy (non-hydrogen) atoms. The van der Waals surface area contributed by atoms with Crippen molar-refractivity contribution in [3.8, 4) is 0 Å². The van der Waals surface area contributed by atoms with Gasteiger partial charge in [0.15, 0.2) is 0 Å². The molecule has 0 N–H and O–H groups in total. The SMILES string of the molecule is CN(C)Cc1nc(Br)ccc1C1CCOCC1. The Kier molecular flexibility index (Phi) is 4.54. The van der Waals surface area contributed by atoms with E-state index in [1.54, 1.807) is 0 Å². The van der Waals surface area contributed by atoms with Crippen molar-refractivity contribution in [3.05, 3.63) is 28.0 Å². The third kappa shape index (κ3) is 3.50. The van der Waals surface area contributed by atoms with Gasteiger partial charge in [-0.2, -0.15) is 0 Å². The molecule has 2 rings (SSSR count). The molecule has 0 spiro atoms. The maximum Gasteiger partial charge on any atom is 0.106 e. The van der Waals surface area contributed by atoms with Crippen molar-refractivity contribution < 1.29 is 4.74 Å². The van der Waals surface area contributed by atoms with Crippen molar-refractivity contribution in [2.45, 2.75) is 25.3 Å². The van der Waals surface area contributed by atoms with Gasteiger partial charge < -0.3 is 9.64 Å². The Balaban J connectivity index is 2.24. The van der Waals surface area contributed by atoms with Crippen molar-refractivity contribution in [2.75, 3.05) is 27.3 Å². The van der Waals surface area contributed by atoms with E-state index in [0.29, 0.717) is 5.92 Å². The van der Waals surface area contributed by atoms with Crippen LogP contribution in [0.15, 0.2) is 16.7 Å². The minimum atomic E-state index is 0.610. The van der Waals surface area contributed by atoms with Gasteiger partial charge in [-0.15, -0.1) is 0 Å². The van der Waals surface area contributed by atoms with Crippen molar-refractivity contribution in [2.24, 2.45) is 0 Å². The minimum absolute atomic E-state index is 0.610. The number of pyridine rings is 1. The lowest BCUT2D eigenvalue weighted by atomic mass is 9.90. The fraction of sp³-hybridized carbons (Fsp3) is 0.615. The van der Waals surface area contributed by atoms with E-state index in [9.17, 15) is 0 Å². The largest absolute Gasteiger partial charge is 0.381 e. The van der Waals surface area contributed by atoms with Gasteiger partial charge in [-0.25, -0.2) is 4.98 Å². The zero-order chi connectivity index (χ0) is 12.3. The summed E-state index contributed by atoms with van der Waals surface area (Å²) in [4.78, 5) is 6.79. The standard InChI is InChI=1S/C13H19BrN2O/c1-16(2)9-12-11(3-4-13(14)15-12)10-5-7-17-8-6-10/h3-4,10H,5-9H2,1-2H3. The molecule has 3 nitrogen and oxygen atoms in total. The minimum Gasteiger partial charge on any atom is -0.381 e. The number of rotatable bonds is 3. The first-order valence-electron chi connectivity index (χ1n) is 6.04. The second kappa shape index (κ2) is 5.94. The molecule has 0 aliphatic carbocycles. The van der Waals surface area contributed by atoms with Crippen LogP contribution in [0.4, 0.5) is 0 Å². The summed E-state index contributed by atoms with van der Waals surface area (Å²) < 4.78 is 6.35. The molecule has 0 aromatic carbocycles. The Morgan fingerprint density at radius 3 is 2.71 bits per heavy atom. The lowest BCUT2D eigenvalue weighted by Crippen LogP contribution is -2.19. The van der Waals surface area contributed by atoms with Gasteiger partial charge in [-0.3, -0.25) is 0 Å². The van der Waals surface area contributed by atoms with E-state index in [4.69, 9.17) is 4.74 Å². The van der Waals surface area contributed by atoms with Crippen LogP contribution in [0.5, 0.6) is 0 Å². The van der Waals surface area contributed by atoms with E-state index in [-0.39, 0.29) is 0 Å². The predicted octanol–water partition coefficient (Wildman–Crippen LogP) is 2.80. The molecule has 1 fully saturated rings. The maximum atomic E-state index is 5.43. The number of hydrogen-bond acceptors (Lipinski definition) is 3. The molecule has 0 bridgehead atoms. The molecule has 1 aliphatic rings. The zero-order valence-electron chi connectivity index (χ0n) is 10.4. The van der Waals surface area contributed by atoms with Crippen molar-refractivity contribution in [1.29, 1.82) is 0 Å². The van der Waals surface area contributed by atoms with Gasteiger partial charge in [0.25, 0.3) is 0 Å². The molecule has 1 aromatic rings. The average Bonchev–Trinajstić information content (AvgIpc) is 2.29. The fourth-order valence-corrected chi connectivity index (χ4v) is 2.64. The van der Waals surface area contributed by atoms with Crippen molar-refractivity contribution >= 4 is 15.9 Å². The van der Waals surface area contributed by atoms with Crippen LogP contribution in [-0.2, 0) is 11.3 Å². The Morgan fingerprint density at radius 2 is 2.06 bits per heavy atom. The van der Waals surface area contributed by atoms with Gasteiger partial charge in [0.05, 0.1) is 5.69 Å². The fourth-order valence-electron chi connectivity index (χ4n) is 2.29. The van der Waals surface area contributed by atoms with E-state index >= 15 is 0 Å². The maximum absolute atomic E-state index is 5.43. The molecular formula is C13H19BrN2O. The summed E-state index contributed by atoms with van der Waals surface area (Å²) >= 11 is 3.46. The monoisotopic (exact) mass is 298 g/mol. The number of ether oxygens (including phenoxy) is 1. The number of halogens is 1. The van der Waals surface area contributed by atoms with Gasteiger partial charge in [0, 0.05) is 19.8 Å². The highest BCUT2D eigenvalue weighted by Gasteiger charge is 2.19. The molecule has 1 saturated heterocycles. The van der Waals surface area contributed by atoms with E-state index in [0.717, 1.165) is 37.2 Å². The Labute approximate surface area is 111 Å². The van der Waals surface area contributed by atoms with Gasteiger partial charge in [0.2, 0.25) is 0 Å². The summed E-state index contributed by atoms with van der Waals surface area (Å²) in [7, 11) is 4.16. The van der Waals surface area contributed by atoms with Crippen LogP contribution in [-0.4, -0.2) is 37.2 Å². The first-order valence-corrected chi connectivity index (χ1v) is 6.84. The molecule has 0 radical (unpaired) electrons. The van der Waals surface area contributed by atoms with Gasteiger partial charge in [-0.1, -0.05) is 6.07 Å². The van der Waals surface area contributed by atoms with Crippen molar-refractivity contribution in [1.82, 2.24) is 9.88 Å². The summed E-state index contributed by atoms with van der Waals surface area (Å²) in [6.45, 7) is 2.65. The smallest absolute Gasteiger partial charge is 0.106 e. The first-order chi connectivity index (χ1) is 8.16. The lowest BCUT2D eigenvalue weighted by molar-refractivity contribution is 0.0849. The molecule has 0 saturated carbocycles. The number of aromatic nitrogens is 1. The highest BCUT2D eigenvalue weighted by molar-refractivity contribution is 9.10. The summed E-state index contributed by atoms with van der Waals surface area (Å²) in [5.74, 6) is 0.610. The molecule has 1 aliphatic heterocycles. The number of nitrogens with zero attached hydrogens (tertiary/aromatic N) is 2. The van der Waals surface area contributed by atoms with Crippen LogP contribution in [0, 0.1) is 0 Å². The Morgan fingerprint density at radius 1 is 1.35 bits per heavy atom. The quantitative estimate of drug-likeness (QED) is 0.803. The normalized spacial score (nSPS) is 17.6. The van der Waals surface area contributed by atoms with Gasteiger partial charge in [0.1, 0.15) is 4.60 Å². The highest BCUT2D eigenvalue weighted by atomic mass is 79.9. The molecule has 94 valence electrons.